The first-order valence-corrected chi connectivity index (χ1v) is 10.1. The standard InChI is InChI=1S/C18H17Cl2N5OS/c1-11-10-24(16-13(20)3-2-6-21-16)7-8-25(11)18(26)23-17-22-14-5-4-12(19)9-15(14)27-17/h2-6,9,11H,7-8,10H2,1H3,(H,22,23,26)/t11-/m1/s1. The molecule has 1 saturated heterocycles. The van der Waals surface area contributed by atoms with Gasteiger partial charge in [-0.2, -0.15) is 0 Å². The van der Waals surface area contributed by atoms with E-state index >= 15 is 0 Å². The number of rotatable bonds is 2. The van der Waals surface area contributed by atoms with Crippen molar-refractivity contribution in [3.8, 4) is 0 Å². The largest absolute Gasteiger partial charge is 0.352 e. The SMILES string of the molecule is C[C@@H]1CN(c2ncccc2Cl)CCN1C(=O)Nc1nc2ccc(Cl)cc2s1. The number of amides is 2. The molecule has 9 heteroatoms. The maximum atomic E-state index is 12.7. The predicted molar refractivity (Wildman–Crippen MR) is 111 cm³/mol. The first-order valence-electron chi connectivity index (χ1n) is 8.50. The highest BCUT2D eigenvalue weighted by atomic mass is 35.5. The van der Waals surface area contributed by atoms with Gasteiger partial charge in [0.25, 0.3) is 0 Å². The molecule has 27 heavy (non-hydrogen) atoms. The van der Waals surface area contributed by atoms with Gasteiger partial charge in [0.2, 0.25) is 0 Å². The van der Waals surface area contributed by atoms with Crippen LogP contribution in [0.4, 0.5) is 15.7 Å². The molecule has 0 aliphatic carbocycles. The highest BCUT2D eigenvalue weighted by molar-refractivity contribution is 7.22. The average Bonchev–Trinajstić information content (AvgIpc) is 3.03. The molecule has 3 heterocycles. The number of hydrogen-bond acceptors (Lipinski definition) is 5. The van der Waals surface area contributed by atoms with E-state index in [0.717, 1.165) is 16.0 Å². The van der Waals surface area contributed by atoms with Crippen molar-refractivity contribution in [2.24, 2.45) is 0 Å². The molecule has 0 bridgehead atoms. The fourth-order valence-electron chi connectivity index (χ4n) is 3.18. The summed E-state index contributed by atoms with van der Waals surface area (Å²) in [6.07, 6.45) is 1.73. The van der Waals surface area contributed by atoms with Gasteiger partial charge in [0.15, 0.2) is 5.13 Å². The van der Waals surface area contributed by atoms with E-state index in [1.54, 1.807) is 12.3 Å². The zero-order valence-corrected chi connectivity index (χ0v) is 16.9. The van der Waals surface area contributed by atoms with Crippen molar-refractivity contribution in [1.29, 1.82) is 0 Å². The normalized spacial score (nSPS) is 17.4. The zero-order valence-electron chi connectivity index (χ0n) is 14.5. The maximum absolute atomic E-state index is 12.7. The van der Waals surface area contributed by atoms with Crippen LogP contribution < -0.4 is 10.2 Å². The number of benzene rings is 1. The Balaban J connectivity index is 1.44. The molecule has 4 rings (SSSR count). The van der Waals surface area contributed by atoms with E-state index in [9.17, 15) is 4.79 Å². The van der Waals surface area contributed by atoms with E-state index in [4.69, 9.17) is 23.2 Å². The Morgan fingerprint density at radius 3 is 2.93 bits per heavy atom. The number of urea groups is 1. The molecule has 2 amide bonds. The molecule has 1 aromatic carbocycles. The summed E-state index contributed by atoms with van der Waals surface area (Å²) in [6.45, 7) is 3.93. The van der Waals surface area contributed by atoms with Crippen molar-refractivity contribution in [2.45, 2.75) is 13.0 Å². The lowest BCUT2D eigenvalue weighted by Gasteiger charge is -2.40. The molecule has 1 fully saturated rings. The van der Waals surface area contributed by atoms with E-state index in [1.807, 2.05) is 36.1 Å². The number of nitrogens with one attached hydrogen (secondary N) is 1. The third-order valence-corrected chi connectivity index (χ3v) is 5.96. The minimum absolute atomic E-state index is 0.0145. The Bertz CT molecular complexity index is 995. The lowest BCUT2D eigenvalue weighted by molar-refractivity contribution is 0.184. The highest BCUT2D eigenvalue weighted by Gasteiger charge is 2.29. The van der Waals surface area contributed by atoms with Crippen LogP contribution in [0.25, 0.3) is 10.2 Å². The van der Waals surface area contributed by atoms with Crippen molar-refractivity contribution in [1.82, 2.24) is 14.9 Å². The second-order valence-electron chi connectivity index (χ2n) is 6.36. The quantitative estimate of drug-likeness (QED) is 0.648. The molecule has 0 radical (unpaired) electrons. The van der Waals surface area contributed by atoms with Gasteiger partial charge in [-0.3, -0.25) is 5.32 Å². The smallest absolute Gasteiger partial charge is 0.324 e. The Morgan fingerprint density at radius 2 is 2.15 bits per heavy atom. The van der Waals surface area contributed by atoms with Gasteiger partial charge in [0.1, 0.15) is 5.82 Å². The summed E-state index contributed by atoms with van der Waals surface area (Å²) in [6, 6.07) is 8.99. The number of hydrogen-bond donors (Lipinski definition) is 1. The molecule has 1 N–H and O–H groups in total. The number of piperazine rings is 1. The molecular weight excluding hydrogens is 405 g/mol. The van der Waals surface area contributed by atoms with Gasteiger partial charge >= 0.3 is 6.03 Å². The highest BCUT2D eigenvalue weighted by Crippen LogP contribution is 2.29. The van der Waals surface area contributed by atoms with Crippen LogP contribution in [-0.4, -0.2) is 46.6 Å². The van der Waals surface area contributed by atoms with Gasteiger partial charge in [0.05, 0.1) is 15.2 Å². The van der Waals surface area contributed by atoms with E-state index in [-0.39, 0.29) is 12.1 Å². The number of nitrogens with zero attached hydrogens (tertiary/aromatic N) is 4. The topological polar surface area (TPSA) is 61.4 Å². The first-order chi connectivity index (χ1) is 13.0. The van der Waals surface area contributed by atoms with Crippen molar-refractivity contribution < 1.29 is 4.79 Å². The third-order valence-electron chi connectivity index (χ3n) is 4.49. The van der Waals surface area contributed by atoms with Gasteiger partial charge in [-0.05, 0) is 37.3 Å². The summed E-state index contributed by atoms with van der Waals surface area (Å²) in [7, 11) is 0. The lowest BCUT2D eigenvalue weighted by Crippen LogP contribution is -2.55. The van der Waals surface area contributed by atoms with Gasteiger partial charge in [-0.15, -0.1) is 0 Å². The molecule has 1 aliphatic heterocycles. The fraction of sp³-hybridized carbons (Fsp3) is 0.278. The molecular formula is C18H17Cl2N5OS. The molecule has 6 nitrogen and oxygen atoms in total. The van der Waals surface area contributed by atoms with Gasteiger partial charge in [-0.25, -0.2) is 14.8 Å². The number of anilines is 2. The summed E-state index contributed by atoms with van der Waals surface area (Å²) >= 11 is 13.7. The van der Waals surface area contributed by atoms with Gasteiger partial charge < -0.3 is 9.80 Å². The number of thiazole rings is 1. The third kappa shape index (κ3) is 3.81. The second-order valence-corrected chi connectivity index (χ2v) is 8.23. The van der Waals surface area contributed by atoms with Crippen molar-refractivity contribution >= 4 is 61.7 Å². The van der Waals surface area contributed by atoms with Crippen LogP contribution in [0.1, 0.15) is 6.92 Å². The summed E-state index contributed by atoms with van der Waals surface area (Å²) in [5.41, 5.74) is 0.822. The van der Waals surface area contributed by atoms with Crippen LogP contribution in [0, 0.1) is 0 Å². The second kappa shape index (κ2) is 7.50. The molecule has 0 spiro atoms. The maximum Gasteiger partial charge on any atom is 0.324 e. The van der Waals surface area contributed by atoms with Crippen LogP contribution in [0.15, 0.2) is 36.5 Å². The van der Waals surface area contributed by atoms with Crippen molar-refractivity contribution in [3.63, 3.8) is 0 Å². The number of carbonyl (C=O) groups excluding carboxylic acids is 1. The van der Waals surface area contributed by atoms with Gasteiger partial charge in [0, 0.05) is 36.9 Å². The number of halogens is 2. The van der Waals surface area contributed by atoms with E-state index in [2.05, 4.69) is 20.2 Å². The van der Waals surface area contributed by atoms with Crippen molar-refractivity contribution in [3.05, 3.63) is 46.6 Å². The number of pyridine rings is 1. The summed E-state index contributed by atoms with van der Waals surface area (Å²) < 4.78 is 0.945. The minimum atomic E-state index is -0.153. The first kappa shape index (κ1) is 18.3. The Morgan fingerprint density at radius 1 is 1.30 bits per heavy atom. The molecule has 0 unspecified atom stereocenters. The Hall–Kier alpha value is -2.09. The summed E-state index contributed by atoms with van der Waals surface area (Å²) in [4.78, 5) is 25.5. The Labute approximate surface area is 170 Å². The fourth-order valence-corrected chi connectivity index (χ4v) is 4.55. The van der Waals surface area contributed by atoms with Gasteiger partial charge in [-0.1, -0.05) is 34.5 Å². The number of carbonyl (C=O) groups is 1. The van der Waals surface area contributed by atoms with E-state index < -0.39 is 0 Å². The van der Waals surface area contributed by atoms with E-state index in [0.29, 0.717) is 34.8 Å². The lowest BCUT2D eigenvalue weighted by atomic mass is 10.2. The predicted octanol–water partition coefficient (Wildman–Crippen LogP) is 4.74. The molecule has 1 aliphatic rings. The minimum Gasteiger partial charge on any atom is -0.352 e. The van der Waals surface area contributed by atoms with Crippen molar-refractivity contribution in [2.75, 3.05) is 29.9 Å². The molecule has 0 saturated carbocycles. The molecule has 3 aromatic rings. The summed E-state index contributed by atoms with van der Waals surface area (Å²) in [5, 5.41) is 4.75. The van der Waals surface area contributed by atoms with Crippen LogP contribution in [0.5, 0.6) is 0 Å². The Kier molecular flexibility index (Phi) is 5.08. The average molecular weight is 422 g/mol. The molecule has 140 valence electrons. The molecule has 2 aromatic heterocycles. The monoisotopic (exact) mass is 421 g/mol. The van der Waals surface area contributed by atoms with E-state index in [1.165, 1.54) is 11.3 Å². The van der Waals surface area contributed by atoms with Crippen LogP contribution in [0.2, 0.25) is 10.0 Å². The van der Waals surface area contributed by atoms with Crippen LogP contribution in [0.3, 0.4) is 0 Å². The van der Waals surface area contributed by atoms with Crippen LogP contribution in [-0.2, 0) is 0 Å². The van der Waals surface area contributed by atoms with Crippen LogP contribution >= 0.6 is 34.5 Å². The zero-order chi connectivity index (χ0) is 19.0. The summed E-state index contributed by atoms with van der Waals surface area (Å²) in [5.74, 6) is 0.758. The molecule has 1 atom stereocenters. The number of fused-ring (bicyclic) bond motifs is 1. The number of aromatic nitrogens is 2.